The highest BCUT2D eigenvalue weighted by atomic mass is 32.2. The normalized spacial score (nSPS) is 30.0. The second-order valence-corrected chi connectivity index (χ2v) is 38.9. The monoisotopic (exact) mass is 1600 g/mol. The van der Waals surface area contributed by atoms with Gasteiger partial charge in [-0.05, 0) is 190 Å². The van der Waals surface area contributed by atoms with Gasteiger partial charge >= 0.3 is 11.9 Å². The molecule has 4 aromatic rings. The number of hydrogen-bond donors (Lipinski definition) is 2. The number of hydrogen-bond acceptors (Lipinski definition) is 20. The third kappa shape index (κ3) is 18.6. The number of carbonyl (C=O) groups excluding carboxylic acids is 8. The lowest BCUT2D eigenvalue weighted by atomic mass is 9.82. The van der Waals surface area contributed by atoms with Crippen molar-refractivity contribution >= 4 is 88.7 Å². The van der Waals surface area contributed by atoms with Crippen LogP contribution in [0.4, 0.5) is 17.6 Å². The molecule has 112 heavy (non-hydrogen) atoms. The van der Waals surface area contributed by atoms with Crippen molar-refractivity contribution in [2.45, 2.75) is 230 Å². The second-order valence-electron chi connectivity index (χ2n) is 34.8. The van der Waals surface area contributed by atoms with Gasteiger partial charge in [0.1, 0.15) is 69.4 Å². The second kappa shape index (κ2) is 32.9. The van der Waals surface area contributed by atoms with E-state index in [-0.39, 0.29) is 126 Å². The molecule has 4 saturated carbocycles. The number of Topliss-reactive ketones (excluding diaryl/α,β-unsaturated/α-hetero) is 2. The Bertz CT molecular complexity index is 4310. The van der Waals surface area contributed by atoms with Crippen molar-refractivity contribution in [2.24, 2.45) is 58.2 Å². The van der Waals surface area contributed by atoms with E-state index < -0.39 is 172 Å². The summed E-state index contributed by atoms with van der Waals surface area (Å²) >= 11 is 0. The first kappa shape index (κ1) is 84.6. The Morgan fingerprint density at radius 2 is 0.920 bits per heavy atom. The zero-order valence-corrected chi connectivity index (χ0v) is 67.5. The average Bonchev–Trinajstić information content (AvgIpc) is 1.57. The molecule has 2 saturated heterocycles. The van der Waals surface area contributed by atoms with Gasteiger partial charge in [-0.3, -0.25) is 47.8 Å². The molecule has 24 nitrogen and oxygen atoms in total. The summed E-state index contributed by atoms with van der Waals surface area (Å²) < 4.78 is 145. The fourth-order valence-electron chi connectivity index (χ4n) is 16.8. The van der Waals surface area contributed by atoms with E-state index in [0.717, 1.165) is 12.8 Å². The molecule has 0 spiro atoms. The van der Waals surface area contributed by atoms with Gasteiger partial charge < -0.3 is 38.2 Å². The minimum absolute atomic E-state index is 0.00633. The molecule has 6 heterocycles. The van der Waals surface area contributed by atoms with Crippen molar-refractivity contribution in [2.75, 3.05) is 40.7 Å². The fourth-order valence-corrected chi connectivity index (χ4v) is 19.7. The van der Waals surface area contributed by atoms with Crippen LogP contribution in [0.3, 0.4) is 0 Å². The van der Waals surface area contributed by atoms with Crippen molar-refractivity contribution in [3.63, 3.8) is 0 Å². The zero-order chi connectivity index (χ0) is 81.6. The molecule has 8 aliphatic rings. The minimum Gasteiger partial charge on any atom is -0.494 e. The average molecular weight is 1600 g/mol. The molecule has 2 N–H and O–H groups in total. The first-order chi connectivity index (χ1) is 52.6. The molecule has 6 fully saturated rings. The lowest BCUT2D eigenvalue weighted by molar-refractivity contribution is -0.160. The highest BCUT2D eigenvalue weighted by Gasteiger charge is 2.66. The van der Waals surface area contributed by atoms with Crippen LogP contribution in [0.2, 0.25) is 0 Å². The van der Waals surface area contributed by atoms with Crippen LogP contribution in [-0.4, -0.2) is 169 Å². The summed E-state index contributed by atoms with van der Waals surface area (Å²) in [7, 11) is -5.85. The number of pyridine rings is 2. The first-order valence-corrected chi connectivity index (χ1v) is 41.9. The molecule has 4 amide bonds. The molecule has 2 aromatic carbocycles. The van der Waals surface area contributed by atoms with Crippen molar-refractivity contribution in [3.8, 4) is 23.3 Å². The molecule has 4 aliphatic carbocycles. The number of methoxy groups -OCH3 is 2. The largest absolute Gasteiger partial charge is 0.494 e. The predicted molar refractivity (Wildman–Crippen MR) is 406 cm³/mol. The molecular formula is C82H106F4N6O18S2. The van der Waals surface area contributed by atoms with Crippen LogP contribution in [0, 0.1) is 69.8 Å². The molecule has 0 unspecified atom stereocenters. The maximum absolute atomic E-state index is 14.8. The summed E-state index contributed by atoms with van der Waals surface area (Å²) in [4.78, 5) is 125. The number of fused-ring (bicyclic) bond motifs is 6. The fraction of sp³-hybridized carbons (Fsp3) is 0.634. The lowest BCUT2D eigenvalue weighted by Gasteiger charge is -2.32. The van der Waals surface area contributed by atoms with E-state index in [1.165, 1.54) is 72.8 Å². The van der Waals surface area contributed by atoms with Gasteiger partial charge in [-0.15, -0.1) is 0 Å². The van der Waals surface area contributed by atoms with Crippen molar-refractivity contribution in [1.29, 1.82) is 0 Å². The Balaban J connectivity index is 0.000000221. The highest BCUT2D eigenvalue weighted by molar-refractivity contribution is 7.92. The number of rotatable bonds is 18. The van der Waals surface area contributed by atoms with Gasteiger partial charge in [0.15, 0.2) is 11.6 Å². The molecular weight excluding hydrogens is 1500 g/mol. The van der Waals surface area contributed by atoms with Gasteiger partial charge in [0.2, 0.25) is 55.4 Å². The lowest BCUT2D eigenvalue weighted by Crippen LogP contribution is -2.48. The number of amides is 4. The van der Waals surface area contributed by atoms with Crippen LogP contribution in [0.15, 0.2) is 73.1 Å². The topological polar surface area (TPSA) is 317 Å². The maximum Gasteiger partial charge on any atom is 0.307 e. The van der Waals surface area contributed by atoms with Gasteiger partial charge in [-0.1, -0.05) is 52.0 Å². The number of sulfonamides is 2. The van der Waals surface area contributed by atoms with E-state index in [2.05, 4.69) is 33.3 Å². The number of nitrogens with zero attached hydrogens (tertiary/aromatic N) is 4. The third-order valence-electron chi connectivity index (χ3n) is 23.8. The summed E-state index contributed by atoms with van der Waals surface area (Å²) in [5, 5.41) is 1.72. The van der Waals surface area contributed by atoms with Gasteiger partial charge in [-0.2, -0.15) is 0 Å². The van der Waals surface area contributed by atoms with Gasteiger partial charge in [0.05, 0.1) is 87.3 Å². The van der Waals surface area contributed by atoms with Crippen LogP contribution < -0.4 is 28.4 Å². The van der Waals surface area contributed by atoms with Crippen LogP contribution in [0.5, 0.6) is 23.3 Å². The summed E-state index contributed by atoms with van der Waals surface area (Å²) in [5.74, 6) is -7.58. The molecule has 612 valence electrons. The van der Waals surface area contributed by atoms with Gasteiger partial charge in [-0.25, -0.2) is 44.4 Å². The van der Waals surface area contributed by atoms with Crippen LogP contribution in [-0.2, 0) is 67.9 Å². The first-order valence-electron chi connectivity index (χ1n) is 38.9. The zero-order valence-electron chi connectivity index (χ0n) is 65.9. The number of esters is 2. The molecule has 4 aliphatic heterocycles. The van der Waals surface area contributed by atoms with E-state index in [9.17, 15) is 72.8 Å². The highest BCUT2D eigenvalue weighted by Crippen LogP contribution is 2.60. The van der Waals surface area contributed by atoms with E-state index in [1.54, 1.807) is 41.5 Å². The maximum atomic E-state index is 14.8. The Kier molecular flexibility index (Phi) is 24.9. The SMILES string of the molecule is COc1cnc(O[C@@H]2C[C@H]3C(=O)C[C@]4(C(=O)NS(=O)(=O)C5(CF)CC5)C[C@H]4/C=C\CC[C@@H](C)C[C@@H](C)[C@H](CC(=O)OC(C)(C)C)C(=O)N3C2)c2ccc(F)cc12.COc1cnc(O[C@@H]2C[C@H]3C(=O)C[C@]4(C(=O)NS(=O)(=O)C5(CF)CC5)C[C@H]4/C=C\CC[C@H](C)C[C@@H](C)[C@H](CC(=O)OC(C)(C)C)C(=O)N3C2)c2ccc(F)cc12. The molecule has 14 atom stereocenters. The summed E-state index contributed by atoms with van der Waals surface area (Å²) in [6, 6.07) is 5.92. The Morgan fingerprint density at radius 1 is 0.554 bits per heavy atom. The van der Waals surface area contributed by atoms with E-state index in [1.807, 2.05) is 38.2 Å². The van der Waals surface area contributed by atoms with Crippen LogP contribution >= 0.6 is 0 Å². The molecule has 0 bridgehead atoms. The molecule has 12 rings (SSSR count). The van der Waals surface area contributed by atoms with E-state index >= 15 is 0 Å². The minimum atomic E-state index is -4.36. The number of aromatic nitrogens is 2. The van der Waals surface area contributed by atoms with Crippen LogP contribution in [0.1, 0.15) is 185 Å². The number of halogens is 4. The number of benzene rings is 2. The Labute approximate surface area is 652 Å². The third-order valence-corrected chi connectivity index (χ3v) is 28.0. The van der Waals surface area contributed by atoms with Crippen LogP contribution in [0.25, 0.3) is 21.5 Å². The van der Waals surface area contributed by atoms with Gasteiger partial charge in [0, 0.05) is 47.2 Å². The van der Waals surface area contributed by atoms with Crippen molar-refractivity contribution < 1.29 is 101 Å². The summed E-state index contributed by atoms with van der Waals surface area (Å²) in [6.07, 6.45) is 12.5. The number of alkyl halides is 2. The summed E-state index contributed by atoms with van der Waals surface area (Å²) in [6.45, 7) is 16.1. The molecule has 2 aromatic heterocycles. The van der Waals surface area contributed by atoms with Crippen molar-refractivity contribution in [3.05, 3.63) is 84.7 Å². The predicted octanol–water partition coefficient (Wildman–Crippen LogP) is 12.0. The van der Waals surface area contributed by atoms with E-state index in [0.29, 0.717) is 58.7 Å². The smallest absolute Gasteiger partial charge is 0.307 e. The number of carbonyl (C=O) groups is 8. The number of nitrogens with one attached hydrogen (secondary N) is 2. The standard InChI is InChI=1S/2C41H53F2N3O9S/c2*1-24-9-7-8-10-26-19-41(26,38(50)45-56(51,52)40(23-42)13-14-40)20-33(47)32-17-28(54-36-29-12-11-27(43)16-31(29)34(53-6)21-44-36)22-46(32)37(49)30(25(2)15-24)18-35(48)55-39(3,4)5/h2*8,10-12,16,21,24-26,28,30,32H,7,9,13-15,17-20,22-23H2,1-6H3,(H,45,50)/b2*10-8-/t24-,25+,26+,28+,30-,32-,41+;24-,25-,26-,28-,30+,32+,41-/m01/s1. The van der Waals surface area contributed by atoms with Gasteiger partial charge in [0.25, 0.3) is 0 Å². The van der Waals surface area contributed by atoms with Crippen molar-refractivity contribution in [1.82, 2.24) is 29.2 Å². The summed E-state index contributed by atoms with van der Waals surface area (Å²) in [5.41, 5.74) is -4.43. The Morgan fingerprint density at radius 3 is 1.25 bits per heavy atom. The number of allylic oxidation sites excluding steroid dienone is 4. The molecule has 0 radical (unpaired) electrons. The number of ether oxygens (including phenoxy) is 6. The Hall–Kier alpha value is -8.28. The van der Waals surface area contributed by atoms with E-state index in [4.69, 9.17) is 28.4 Å². The quantitative estimate of drug-likeness (QED) is 0.0531. The number of ketones is 2. The molecule has 30 heteroatoms.